The number of ether oxygens (including phenoxy) is 1. The van der Waals surface area contributed by atoms with Crippen molar-refractivity contribution in [1.29, 1.82) is 0 Å². The highest BCUT2D eigenvalue weighted by molar-refractivity contribution is 6.33. The highest BCUT2D eigenvalue weighted by atomic mass is 35.5. The summed E-state index contributed by atoms with van der Waals surface area (Å²) >= 11 is 6.43. The number of halogens is 1. The van der Waals surface area contributed by atoms with E-state index in [0.717, 1.165) is 17.0 Å². The fraction of sp³-hybridized carbons (Fsp3) is 0.222. The number of H-pyrrole nitrogens is 1. The van der Waals surface area contributed by atoms with Crippen molar-refractivity contribution < 1.29 is 9.53 Å². The molecule has 1 aromatic carbocycles. The number of aromatic nitrogens is 4. The predicted octanol–water partition coefficient (Wildman–Crippen LogP) is 4.71. The van der Waals surface area contributed by atoms with E-state index < -0.39 is 0 Å². The monoisotopic (exact) mass is 503 g/mol. The van der Waals surface area contributed by atoms with E-state index >= 15 is 0 Å². The molecule has 0 aliphatic heterocycles. The average molecular weight is 504 g/mol. The third kappa shape index (κ3) is 6.34. The number of hydrogen-bond acceptors (Lipinski definition) is 6. The first-order chi connectivity index (χ1) is 17.3. The maximum Gasteiger partial charge on any atom is 0.251 e. The number of rotatable bonds is 8. The van der Waals surface area contributed by atoms with Crippen molar-refractivity contribution in [2.75, 3.05) is 0 Å². The number of aromatic amines is 1. The van der Waals surface area contributed by atoms with E-state index in [-0.39, 0.29) is 17.4 Å². The minimum atomic E-state index is -0.324. The van der Waals surface area contributed by atoms with Gasteiger partial charge in [-0.3, -0.25) is 14.6 Å². The highest BCUT2D eigenvalue weighted by Crippen LogP contribution is 2.27. The lowest BCUT2D eigenvalue weighted by atomic mass is 10.1. The van der Waals surface area contributed by atoms with Gasteiger partial charge in [-0.15, -0.1) is 0 Å². The molecule has 4 rings (SSSR count). The molecule has 0 aliphatic rings. The number of pyridine rings is 2. The first-order valence-electron chi connectivity index (χ1n) is 11.5. The van der Waals surface area contributed by atoms with Gasteiger partial charge >= 0.3 is 0 Å². The van der Waals surface area contributed by atoms with Crippen LogP contribution in [-0.2, 0) is 17.9 Å². The zero-order valence-electron chi connectivity index (χ0n) is 20.2. The summed E-state index contributed by atoms with van der Waals surface area (Å²) in [5, 5.41) is 3.31. The van der Waals surface area contributed by atoms with Gasteiger partial charge < -0.3 is 15.0 Å². The van der Waals surface area contributed by atoms with Gasteiger partial charge in [-0.2, -0.15) is 0 Å². The lowest BCUT2D eigenvalue weighted by Crippen LogP contribution is -2.27. The lowest BCUT2D eigenvalue weighted by molar-refractivity contribution is -0.124. The Balaban J connectivity index is 1.54. The number of aryl methyl sites for hydroxylation is 1. The zero-order valence-corrected chi connectivity index (χ0v) is 21.0. The van der Waals surface area contributed by atoms with E-state index in [1.165, 1.54) is 6.07 Å². The molecule has 9 heteroatoms. The fourth-order valence-corrected chi connectivity index (χ4v) is 3.64. The minimum Gasteiger partial charge on any atom is -0.471 e. The van der Waals surface area contributed by atoms with Crippen molar-refractivity contribution >= 4 is 17.5 Å². The molecule has 36 heavy (non-hydrogen) atoms. The van der Waals surface area contributed by atoms with Crippen molar-refractivity contribution in [2.45, 2.75) is 33.9 Å². The number of carbonyl (C=O) groups excluding carboxylic acids is 1. The summed E-state index contributed by atoms with van der Waals surface area (Å²) in [5.41, 5.74) is 3.90. The second kappa shape index (κ2) is 11.1. The third-order valence-electron chi connectivity index (χ3n) is 5.36. The van der Waals surface area contributed by atoms with Crippen LogP contribution in [0.25, 0.3) is 22.6 Å². The lowest BCUT2D eigenvalue weighted by Gasteiger charge is -2.11. The van der Waals surface area contributed by atoms with E-state index in [1.807, 2.05) is 45.0 Å². The summed E-state index contributed by atoms with van der Waals surface area (Å²) < 4.78 is 5.73. The standard InChI is InChI=1S/C27H26ClN5O3/c1-16(2)27(35)30-13-18-7-9-22(28)21(11-18)26-32-23(12-24(34)33-26)19-8-10-25(29-14-19)36-15-20-6-4-5-17(3)31-20/h4-12,14,16H,13,15H2,1-3H3,(H,30,35)(H,32,33,34). The van der Waals surface area contributed by atoms with Crippen LogP contribution in [0.3, 0.4) is 0 Å². The Bertz CT molecular complexity index is 1430. The van der Waals surface area contributed by atoms with Crippen LogP contribution < -0.4 is 15.6 Å². The molecule has 0 fully saturated rings. The van der Waals surface area contributed by atoms with Crippen LogP contribution in [-0.4, -0.2) is 25.8 Å². The number of benzene rings is 1. The van der Waals surface area contributed by atoms with Crippen LogP contribution in [0.1, 0.15) is 30.8 Å². The first kappa shape index (κ1) is 25.1. The summed E-state index contributed by atoms with van der Waals surface area (Å²) in [6.45, 7) is 6.23. The van der Waals surface area contributed by atoms with Crippen LogP contribution in [0.2, 0.25) is 5.02 Å². The fourth-order valence-electron chi connectivity index (χ4n) is 3.44. The molecule has 0 unspecified atom stereocenters. The maximum atomic E-state index is 12.5. The molecule has 0 saturated carbocycles. The summed E-state index contributed by atoms with van der Waals surface area (Å²) in [6.07, 6.45) is 1.60. The summed E-state index contributed by atoms with van der Waals surface area (Å²) in [4.78, 5) is 40.5. The molecule has 0 bridgehead atoms. The van der Waals surface area contributed by atoms with Crippen molar-refractivity contribution in [2.24, 2.45) is 5.92 Å². The maximum absolute atomic E-state index is 12.5. The van der Waals surface area contributed by atoms with Crippen molar-refractivity contribution in [3.05, 3.63) is 93.1 Å². The molecule has 3 aromatic heterocycles. The Morgan fingerprint density at radius 1 is 1.11 bits per heavy atom. The molecule has 4 aromatic rings. The van der Waals surface area contributed by atoms with Gasteiger partial charge in [0.15, 0.2) is 0 Å². The molecule has 3 heterocycles. The number of carbonyl (C=O) groups is 1. The summed E-state index contributed by atoms with van der Waals surface area (Å²) in [5.74, 6) is 0.600. The van der Waals surface area contributed by atoms with Gasteiger partial charge in [0.05, 0.1) is 16.4 Å². The Hall–Kier alpha value is -4.04. The van der Waals surface area contributed by atoms with Gasteiger partial charge in [0.25, 0.3) is 5.56 Å². The van der Waals surface area contributed by atoms with E-state index in [2.05, 4.69) is 25.3 Å². The van der Waals surface area contributed by atoms with E-state index in [0.29, 0.717) is 46.7 Å². The topological polar surface area (TPSA) is 110 Å². The minimum absolute atomic E-state index is 0.0462. The Morgan fingerprint density at radius 2 is 1.94 bits per heavy atom. The zero-order chi connectivity index (χ0) is 25.7. The molecule has 0 spiro atoms. The van der Waals surface area contributed by atoms with Gasteiger partial charge in [-0.05, 0) is 42.8 Å². The van der Waals surface area contributed by atoms with Gasteiger partial charge in [-0.1, -0.05) is 37.6 Å². The third-order valence-corrected chi connectivity index (χ3v) is 5.69. The molecule has 0 atom stereocenters. The predicted molar refractivity (Wildman–Crippen MR) is 139 cm³/mol. The SMILES string of the molecule is Cc1cccc(COc2ccc(-c3cc(=O)[nH]c(-c4cc(CNC(=O)C(C)C)ccc4Cl)n3)cn2)n1. The molecule has 0 saturated heterocycles. The van der Waals surface area contributed by atoms with Crippen molar-refractivity contribution in [3.8, 4) is 28.5 Å². The molecule has 8 nitrogen and oxygen atoms in total. The van der Waals surface area contributed by atoms with E-state index in [1.54, 1.807) is 30.5 Å². The quantitative estimate of drug-likeness (QED) is 0.360. The van der Waals surface area contributed by atoms with Crippen LogP contribution in [0.5, 0.6) is 5.88 Å². The first-order valence-corrected chi connectivity index (χ1v) is 11.9. The Morgan fingerprint density at radius 3 is 2.67 bits per heavy atom. The van der Waals surface area contributed by atoms with E-state index in [4.69, 9.17) is 16.3 Å². The molecular weight excluding hydrogens is 478 g/mol. The number of amides is 1. The number of nitrogens with one attached hydrogen (secondary N) is 2. The van der Waals surface area contributed by atoms with Crippen LogP contribution in [0.4, 0.5) is 0 Å². The summed E-state index contributed by atoms with van der Waals surface area (Å²) in [6, 6.07) is 16.0. The summed E-state index contributed by atoms with van der Waals surface area (Å²) in [7, 11) is 0. The van der Waals surface area contributed by atoms with Crippen LogP contribution in [0, 0.1) is 12.8 Å². The molecule has 0 radical (unpaired) electrons. The smallest absolute Gasteiger partial charge is 0.251 e. The van der Waals surface area contributed by atoms with Gasteiger partial charge in [-0.25, -0.2) is 9.97 Å². The molecular formula is C27H26ClN5O3. The largest absolute Gasteiger partial charge is 0.471 e. The van der Waals surface area contributed by atoms with Crippen LogP contribution >= 0.6 is 11.6 Å². The average Bonchev–Trinajstić information content (AvgIpc) is 2.86. The Labute approximate surface area is 213 Å². The number of nitrogens with zero attached hydrogens (tertiary/aromatic N) is 3. The number of hydrogen-bond donors (Lipinski definition) is 2. The molecule has 1 amide bonds. The van der Waals surface area contributed by atoms with Gasteiger partial charge in [0, 0.05) is 47.6 Å². The second-order valence-corrected chi connectivity index (χ2v) is 9.02. The van der Waals surface area contributed by atoms with Crippen molar-refractivity contribution in [3.63, 3.8) is 0 Å². The van der Waals surface area contributed by atoms with Gasteiger partial charge in [0.1, 0.15) is 12.4 Å². The normalized spacial score (nSPS) is 10.9. The Kier molecular flexibility index (Phi) is 7.75. The van der Waals surface area contributed by atoms with E-state index in [9.17, 15) is 9.59 Å². The second-order valence-electron chi connectivity index (χ2n) is 8.61. The van der Waals surface area contributed by atoms with Gasteiger partial charge in [0.2, 0.25) is 11.8 Å². The molecule has 184 valence electrons. The van der Waals surface area contributed by atoms with Crippen molar-refractivity contribution in [1.82, 2.24) is 25.3 Å². The molecule has 2 N–H and O–H groups in total. The highest BCUT2D eigenvalue weighted by Gasteiger charge is 2.12. The van der Waals surface area contributed by atoms with Crippen LogP contribution in [0.15, 0.2) is 65.6 Å². The molecule has 0 aliphatic carbocycles.